The Bertz CT molecular complexity index is 945. The lowest BCUT2D eigenvalue weighted by atomic mass is 10.1. The second-order valence-electron chi connectivity index (χ2n) is 5.32. The Labute approximate surface area is 145 Å². The fraction of sp³-hybridized carbons (Fsp3) is 0.111. The normalized spacial score (nSPS) is 11.3. The van der Waals surface area contributed by atoms with Gasteiger partial charge >= 0.3 is 12.3 Å². The number of para-hydroxylation sites is 1. The van der Waals surface area contributed by atoms with Crippen molar-refractivity contribution in [2.24, 2.45) is 0 Å². The van der Waals surface area contributed by atoms with Crippen LogP contribution in [0.2, 0.25) is 0 Å². The highest BCUT2D eigenvalue weighted by Crippen LogP contribution is 2.23. The molecule has 3 aromatic rings. The molecule has 0 spiro atoms. The van der Waals surface area contributed by atoms with E-state index in [4.69, 9.17) is 4.74 Å². The van der Waals surface area contributed by atoms with Crippen LogP contribution < -0.4 is 4.74 Å². The summed E-state index contributed by atoms with van der Waals surface area (Å²) >= 11 is 0. The van der Waals surface area contributed by atoms with Crippen molar-refractivity contribution in [3.05, 3.63) is 65.9 Å². The van der Waals surface area contributed by atoms with Crippen LogP contribution in [0.25, 0.3) is 10.9 Å². The molecule has 0 aliphatic carbocycles. The van der Waals surface area contributed by atoms with E-state index in [1.807, 2.05) is 12.1 Å². The minimum atomic E-state index is -4.81. The molecule has 1 heterocycles. The van der Waals surface area contributed by atoms with Crippen molar-refractivity contribution in [1.82, 2.24) is 4.98 Å². The first kappa shape index (κ1) is 17.5. The predicted molar refractivity (Wildman–Crippen MR) is 86.0 cm³/mol. The number of carbonyl (C=O) groups is 2. The molecule has 0 atom stereocenters. The second-order valence-corrected chi connectivity index (χ2v) is 5.32. The first-order chi connectivity index (χ1) is 12.3. The van der Waals surface area contributed by atoms with Crippen molar-refractivity contribution in [1.29, 1.82) is 0 Å². The van der Waals surface area contributed by atoms with E-state index in [0.717, 1.165) is 29.8 Å². The van der Waals surface area contributed by atoms with E-state index in [1.54, 1.807) is 12.1 Å². The third-order valence-corrected chi connectivity index (χ3v) is 3.55. The van der Waals surface area contributed by atoms with Crippen molar-refractivity contribution in [3.8, 4) is 5.75 Å². The Hall–Kier alpha value is -3.29. The quantitative estimate of drug-likeness (QED) is 0.547. The number of nitrogens with one attached hydrogen (secondary N) is 1. The topological polar surface area (TPSA) is 68.4 Å². The van der Waals surface area contributed by atoms with Gasteiger partial charge in [0.2, 0.25) is 5.78 Å². The van der Waals surface area contributed by atoms with Crippen LogP contribution in [0, 0.1) is 0 Å². The van der Waals surface area contributed by atoms with Crippen molar-refractivity contribution in [2.45, 2.75) is 6.36 Å². The maximum Gasteiger partial charge on any atom is 0.573 e. The zero-order valence-electron chi connectivity index (χ0n) is 13.2. The number of rotatable bonds is 5. The number of H-pyrrole nitrogens is 1. The molecule has 3 rings (SSSR count). The number of halogens is 3. The number of hydrogen-bond acceptors (Lipinski definition) is 4. The van der Waals surface area contributed by atoms with E-state index in [1.165, 1.54) is 6.20 Å². The molecule has 1 aromatic heterocycles. The van der Waals surface area contributed by atoms with Gasteiger partial charge in [-0.1, -0.05) is 18.2 Å². The van der Waals surface area contributed by atoms with Gasteiger partial charge < -0.3 is 14.5 Å². The molecular formula is C18H12F3NO4. The number of carbonyl (C=O) groups excluding carboxylic acids is 2. The summed E-state index contributed by atoms with van der Waals surface area (Å²) < 4.78 is 45.0. The third kappa shape index (κ3) is 4.02. The molecule has 0 unspecified atom stereocenters. The maximum absolute atomic E-state index is 12.2. The van der Waals surface area contributed by atoms with E-state index in [0.29, 0.717) is 10.9 Å². The average Bonchev–Trinajstić information content (AvgIpc) is 3.03. The molecule has 0 aliphatic rings. The van der Waals surface area contributed by atoms with Gasteiger partial charge in [0.05, 0.1) is 5.56 Å². The van der Waals surface area contributed by atoms with Gasteiger partial charge in [-0.3, -0.25) is 4.79 Å². The summed E-state index contributed by atoms with van der Waals surface area (Å²) in [6.45, 7) is -0.485. The molecule has 2 aromatic carbocycles. The number of aromatic nitrogens is 1. The lowest BCUT2D eigenvalue weighted by Gasteiger charge is -2.09. The van der Waals surface area contributed by atoms with Crippen LogP contribution in [0.15, 0.2) is 54.7 Å². The molecular weight excluding hydrogens is 351 g/mol. The number of alkyl halides is 3. The number of aromatic amines is 1. The van der Waals surface area contributed by atoms with E-state index >= 15 is 0 Å². The van der Waals surface area contributed by atoms with Crippen LogP contribution in [-0.2, 0) is 4.74 Å². The minimum Gasteiger partial charge on any atom is -0.454 e. The summed E-state index contributed by atoms with van der Waals surface area (Å²) in [4.78, 5) is 27.1. The first-order valence-corrected chi connectivity index (χ1v) is 7.46. The Kier molecular flexibility index (Phi) is 4.66. The van der Waals surface area contributed by atoms with Gasteiger partial charge in [-0.2, -0.15) is 0 Å². The van der Waals surface area contributed by atoms with Crippen molar-refractivity contribution < 1.29 is 32.2 Å². The zero-order valence-corrected chi connectivity index (χ0v) is 13.2. The van der Waals surface area contributed by atoms with Crippen LogP contribution >= 0.6 is 0 Å². The number of hydrogen-bond donors (Lipinski definition) is 1. The van der Waals surface area contributed by atoms with Gasteiger partial charge in [0.1, 0.15) is 5.75 Å². The van der Waals surface area contributed by atoms with Crippen LogP contribution in [0.1, 0.15) is 20.7 Å². The highest BCUT2D eigenvalue weighted by atomic mass is 19.4. The molecule has 0 fully saturated rings. The van der Waals surface area contributed by atoms with Gasteiger partial charge in [-0.25, -0.2) is 4.79 Å². The maximum atomic E-state index is 12.2. The Morgan fingerprint density at radius 1 is 1.00 bits per heavy atom. The van der Waals surface area contributed by atoms with Crippen LogP contribution in [0.4, 0.5) is 13.2 Å². The highest BCUT2D eigenvalue weighted by Gasteiger charge is 2.31. The number of fused-ring (bicyclic) bond motifs is 1. The predicted octanol–water partition coefficient (Wildman–Crippen LogP) is 4.11. The largest absolute Gasteiger partial charge is 0.573 e. The Morgan fingerprint density at radius 3 is 2.38 bits per heavy atom. The molecule has 0 saturated carbocycles. The zero-order chi connectivity index (χ0) is 18.7. The van der Waals surface area contributed by atoms with Gasteiger partial charge in [-0.05, 0) is 30.3 Å². The smallest absolute Gasteiger partial charge is 0.454 e. The van der Waals surface area contributed by atoms with E-state index in [9.17, 15) is 22.8 Å². The fourth-order valence-corrected chi connectivity index (χ4v) is 2.39. The molecule has 1 N–H and O–H groups in total. The lowest BCUT2D eigenvalue weighted by molar-refractivity contribution is -0.274. The third-order valence-electron chi connectivity index (χ3n) is 3.55. The Morgan fingerprint density at radius 2 is 1.69 bits per heavy atom. The van der Waals surface area contributed by atoms with Crippen molar-refractivity contribution >= 4 is 22.7 Å². The second kappa shape index (κ2) is 6.91. The van der Waals surface area contributed by atoms with Crippen LogP contribution in [0.5, 0.6) is 5.75 Å². The summed E-state index contributed by atoms with van der Waals surface area (Å²) in [5, 5.41) is 0.710. The van der Waals surface area contributed by atoms with E-state index < -0.39 is 30.5 Å². The molecule has 0 bridgehead atoms. The van der Waals surface area contributed by atoms with E-state index in [-0.39, 0.29) is 5.56 Å². The van der Waals surface area contributed by atoms with Crippen LogP contribution in [-0.4, -0.2) is 29.7 Å². The van der Waals surface area contributed by atoms with E-state index in [2.05, 4.69) is 9.72 Å². The number of esters is 1. The monoisotopic (exact) mass is 363 g/mol. The average molecular weight is 363 g/mol. The van der Waals surface area contributed by atoms with Gasteiger partial charge in [-0.15, -0.1) is 13.2 Å². The van der Waals surface area contributed by atoms with Crippen molar-refractivity contribution in [3.63, 3.8) is 0 Å². The SMILES string of the molecule is O=C(OCC(=O)c1c[nH]c2ccccc12)c1ccc(OC(F)(F)F)cc1. The standard InChI is InChI=1S/C18H12F3NO4/c19-18(20,21)26-12-7-5-11(6-8-12)17(24)25-10-16(23)14-9-22-15-4-2-1-3-13(14)15/h1-9,22H,10H2. The highest BCUT2D eigenvalue weighted by molar-refractivity contribution is 6.09. The van der Waals surface area contributed by atoms with Crippen molar-refractivity contribution in [2.75, 3.05) is 6.61 Å². The summed E-state index contributed by atoms with van der Waals surface area (Å²) in [6.07, 6.45) is -3.28. The fourth-order valence-electron chi connectivity index (χ4n) is 2.39. The number of benzene rings is 2. The van der Waals surface area contributed by atoms with Gasteiger partial charge in [0.25, 0.3) is 0 Å². The summed E-state index contributed by atoms with van der Waals surface area (Å²) in [5.74, 6) is -1.67. The molecule has 8 heteroatoms. The molecule has 0 aliphatic heterocycles. The molecule has 0 amide bonds. The molecule has 5 nitrogen and oxygen atoms in total. The Balaban J connectivity index is 1.62. The van der Waals surface area contributed by atoms with Gasteiger partial charge in [0, 0.05) is 22.7 Å². The van der Waals surface area contributed by atoms with Gasteiger partial charge in [0.15, 0.2) is 6.61 Å². The molecule has 134 valence electrons. The molecule has 0 saturated heterocycles. The molecule has 26 heavy (non-hydrogen) atoms. The first-order valence-electron chi connectivity index (χ1n) is 7.46. The number of Topliss-reactive ketones (excluding diaryl/α,β-unsaturated/α-hetero) is 1. The summed E-state index contributed by atoms with van der Waals surface area (Å²) in [6, 6.07) is 11.4. The summed E-state index contributed by atoms with van der Waals surface area (Å²) in [5.41, 5.74) is 1.18. The number of ketones is 1. The lowest BCUT2D eigenvalue weighted by Crippen LogP contribution is -2.17. The molecule has 0 radical (unpaired) electrons. The minimum absolute atomic E-state index is 0.00579. The van der Waals surface area contributed by atoms with Crippen LogP contribution in [0.3, 0.4) is 0 Å². The summed E-state index contributed by atoms with van der Waals surface area (Å²) in [7, 11) is 0. The number of ether oxygens (including phenoxy) is 2.